The molecule has 98 valence electrons. The Morgan fingerprint density at radius 1 is 1.39 bits per heavy atom. The fourth-order valence-corrected chi connectivity index (χ4v) is 1.67. The van der Waals surface area contributed by atoms with Crippen LogP contribution in [-0.2, 0) is 22.4 Å². The van der Waals surface area contributed by atoms with Crippen LogP contribution in [0.1, 0.15) is 37.7 Å². The summed E-state index contributed by atoms with van der Waals surface area (Å²) in [5.74, 6) is -0.362. The molecule has 1 aromatic rings. The summed E-state index contributed by atoms with van der Waals surface area (Å²) in [6.07, 6.45) is 4.69. The summed E-state index contributed by atoms with van der Waals surface area (Å²) < 4.78 is 4.83. The predicted octanol–water partition coefficient (Wildman–Crippen LogP) is 2.36. The topological polar surface area (TPSA) is 65.2 Å². The highest BCUT2D eigenvalue weighted by Gasteiger charge is 2.07. The summed E-state index contributed by atoms with van der Waals surface area (Å²) in [6.45, 7) is 6.19. The van der Waals surface area contributed by atoms with E-state index in [-0.39, 0.29) is 5.97 Å². The van der Waals surface area contributed by atoms with Crippen LogP contribution < -0.4 is 5.73 Å². The van der Waals surface area contributed by atoms with Crippen molar-refractivity contribution < 1.29 is 9.53 Å². The Bertz CT molecular complexity index is 453. The van der Waals surface area contributed by atoms with Crippen LogP contribution in [0.25, 0.3) is 6.08 Å². The molecule has 0 spiro atoms. The Kier molecular flexibility index (Phi) is 5.36. The van der Waals surface area contributed by atoms with Crippen molar-refractivity contribution in [3.63, 3.8) is 0 Å². The van der Waals surface area contributed by atoms with Gasteiger partial charge in [-0.25, -0.2) is 4.79 Å². The second kappa shape index (κ2) is 6.79. The highest BCUT2D eigenvalue weighted by atomic mass is 16.5. The summed E-state index contributed by atoms with van der Waals surface area (Å²) >= 11 is 0. The van der Waals surface area contributed by atoms with E-state index in [1.807, 2.05) is 19.9 Å². The van der Waals surface area contributed by atoms with Crippen molar-refractivity contribution in [2.75, 3.05) is 12.3 Å². The van der Waals surface area contributed by atoms with Gasteiger partial charge in [0.2, 0.25) is 0 Å². The van der Waals surface area contributed by atoms with Gasteiger partial charge in [0.25, 0.3) is 0 Å². The number of anilines is 1. The summed E-state index contributed by atoms with van der Waals surface area (Å²) in [6, 6.07) is 1.85. The smallest absolute Gasteiger partial charge is 0.330 e. The largest absolute Gasteiger partial charge is 0.463 e. The lowest BCUT2D eigenvalue weighted by Crippen LogP contribution is -2.03. The number of carbonyl (C=O) groups is 1. The van der Waals surface area contributed by atoms with Crippen LogP contribution in [0, 0.1) is 0 Å². The Morgan fingerprint density at radius 3 is 2.67 bits per heavy atom. The lowest BCUT2D eigenvalue weighted by Gasteiger charge is -2.09. The van der Waals surface area contributed by atoms with E-state index in [9.17, 15) is 4.79 Å². The summed E-state index contributed by atoms with van der Waals surface area (Å²) in [7, 11) is 0. The Labute approximate surface area is 108 Å². The number of aryl methyl sites for hydroxylation is 2. The van der Waals surface area contributed by atoms with E-state index in [0.717, 1.165) is 29.8 Å². The number of esters is 1. The van der Waals surface area contributed by atoms with Gasteiger partial charge in [-0.1, -0.05) is 13.8 Å². The minimum Gasteiger partial charge on any atom is -0.463 e. The monoisotopic (exact) mass is 248 g/mol. The van der Waals surface area contributed by atoms with Crippen molar-refractivity contribution in [1.82, 2.24) is 4.98 Å². The minimum atomic E-state index is -0.362. The number of nitrogen functional groups attached to an aromatic ring is 1. The molecule has 1 rings (SSSR count). The zero-order valence-corrected chi connectivity index (χ0v) is 11.2. The number of carbonyl (C=O) groups excluding carboxylic acids is 1. The average molecular weight is 248 g/mol. The van der Waals surface area contributed by atoms with E-state index in [4.69, 9.17) is 10.5 Å². The van der Waals surface area contributed by atoms with Crippen LogP contribution in [-0.4, -0.2) is 17.6 Å². The first-order valence-electron chi connectivity index (χ1n) is 6.25. The number of hydrogen-bond donors (Lipinski definition) is 1. The van der Waals surface area contributed by atoms with Crippen molar-refractivity contribution in [3.8, 4) is 0 Å². The maximum atomic E-state index is 11.3. The minimum absolute atomic E-state index is 0.362. The van der Waals surface area contributed by atoms with Crippen LogP contribution in [0.5, 0.6) is 0 Å². The van der Waals surface area contributed by atoms with Gasteiger partial charge in [-0.3, -0.25) is 4.98 Å². The molecule has 2 N–H and O–H groups in total. The molecular weight excluding hydrogens is 228 g/mol. The lowest BCUT2D eigenvalue weighted by molar-refractivity contribution is -0.137. The van der Waals surface area contributed by atoms with Crippen molar-refractivity contribution in [2.45, 2.75) is 33.6 Å². The van der Waals surface area contributed by atoms with E-state index in [1.165, 1.54) is 6.08 Å². The highest BCUT2D eigenvalue weighted by molar-refractivity contribution is 5.88. The lowest BCUT2D eigenvalue weighted by atomic mass is 10.1. The average Bonchev–Trinajstić information content (AvgIpc) is 2.36. The molecular formula is C14H20N2O2. The van der Waals surface area contributed by atoms with E-state index < -0.39 is 0 Å². The molecule has 4 heteroatoms. The summed E-state index contributed by atoms with van der Waals surface area (Å²) in [5, 5.41) is 0. The second-order valence-electron chi connectivity index (χ2n) is 3.86. The van der Waals surface area contributed by atoms with Gasteiger partial charge in [0.1, 0.15) is 0 Å². The molecule has 0 bridgehead atoms. The molecule has 18 heavy (non-hydrogen) atoms. The molecule has 0 aromatic carbocycles. The Hall–Kier alpha value is -1.84. The zero-order chi connectivity index (χ0) is 13.5. The first kappa shape index (κ1) is 14.2. The molecule has 0 aliphatic carbocycles. The third kappa shape index (κ3) is 3.58. The molecule has 0 aliphatic rings. The van der Waals surface area contributed by atoms with Gasteiger partial charge in [-0.15, -0.1) is 0 Å². The van der Waals surface area contributed by atoms with Gasteiger partial charge in [-0.05, 0) is 31.9 Å². The van der Waals surface area contributed by atoms with Crippen LogP contribution in [0.15, 0.2) is 12.1 Å². The van der Waals surface area contributed by atoms with E-state index >= 15 is 0 Å². The first-order valence-corrected chi connectivity index (χ1v) is 6.25. The van der Waals surface area contributed by atoms with Crippen LogP contribution in [0.4, 0.5) is 5.69 Å². The third-order valence-corrected chi connectivity index (χ3v) is 2.59. The second-order valence-corrected chi connectivity index (χ2v) is 3.86. The molecule has 0 amide bonds. The van der Waals surface area contributed by atoms with Crippen LogP contribution in [0.3, 0.4) is 0 Å². The molecule has 0 atom stereocenters. The number of nitrogens with two attached hydrogens (primary N) is 1. The summed E-state index contributed by atoms with van der Waals surface area (Å²) in [4.78, 5) is 15.8. The maximum absolute atomic E-state index is 11.3. The molecule has 0 aliphatic heterocycles. The molecule has 1 heterocycles. The quantitative estimate of drug-likeness (QED) is 0.641. The Morgan fingerprint density at radius 2 is 2.11 bits per heavy atom. The number of rotatable bonds is 5. The molecule has 0 saturated heterocycles. The Balaban J connectivity index is 3.04. The van der Waals surface area contributed by atoms with Crippen molar-refractivity contribution in [1.29, 1.82) is 0 Å². The van der Waals surface area contributed by atoms with Gasteiger partial charge in [0.05, 0.1) is 6.61 Å². The van der Waals surface area contributed by atoms with Gasteiger partial charge >= 0.3 is 5.97 Å². The summed E-state index contributed by atoms with van der Waals surface area (Å²) in [5.41, 5.74) is 9.33. The first-order chi connectivity index (χ1) is 8.62. The SMILES string of the molecule is CCOC(=O)/C=C/c1c(N)cc(CC)nc1CC. The van der Waals surface area contributed by atoms with Crippen LogP contribution in [0.2, 0.25) is 0 Å². The van der Waals surface area contributed by atoms with E-state index in [2.05, 4.69) is 4.98 Å². The molecule has 0 fully saturated rings. The molecule has 4 nitrogen and oxygen atoms in total. The van der Waals surface area contributed by atoms with Gasteiger partial charge in [0, 0.05) is 28.7 Å². The standard InChI is InChI=1S/C14H20N2O2/c1-4-10-9-12(15)11(13(5-2)16-10)7-8-14(17)18-6-3/h7-9H,4-6H2,1-3H3,(H2,15,16)/b8-7+. The molecule has 0 saturated carbocycles. The molecule has 0 unspecified atom stereocenters. The van der Waals surface area contributed by atoms with Gasteiger partial charge in [0.15, 0.2) is 0 Å². The number of aromatic nitrogens is 1. The van der Waals surface area contributed by atoms with Crippen molar-refractivity contribution >= 4 is 17.7 Å². The van der Waals surface area contributed by atoms with E-state index in [1.54, 1.807) is 13.0 Å². The zero-order valence-electron chi connectivity index (χ0n) is 11.2. The van der Waals surface area contributed by atoms with Crippen molar-refractivity contribution in [2.24, 2.45) is 0 Å². The maximum Gasteiger partial charge on any atom is 0.330 e. The fraction of sp³-hybridized carbons (Fsp3) is 0.429. The third-order valence-electron chi connectivity index (χ3n) is 2.59. The van der Waals surface area contributed by atoms with Crippen molar-refractivity contribution in [3.05, 3.63) is 29.1 Å². The number of nitrogens with zero attached hydrogens (tertiary/aromatic N) is 1. The fourth-order valence-electron chi connectivity index (χ4n) is 1.67. The predicted molar refractivity (Wildman–Crippen MR) is 73.1 cm³/mol. The highest BCUT2D eigenvalue weighted by Crippen LogP contribution is 2.19. The molecule has 0 radical (unpaired) electrons. The van der Waals surface area contributed by atoms with Gasteiger partial charge < -0.3 is 10.5 Å². The van der Waals surface area contributed by atoms with Crippen LogP contribution >= 0.6 is 0 Å². The number of pyridine rings is 1. The normalized spacial score (nSPS) is 10.8. The molecule has 1 aromatic heterocycles. The van der Waals surface area contributed by atoms with Gasteiger partial charge in [-0.2, -0.15) is 0 Å². The number of hydrogen-bond acceptors (Lipinski definition) is 4. The number of ether oxygens (including phenoxy) is 1. The van der Waals surface area contributed by atoms with E-state index in [0.29, 0.717) is 12.3 Å².